The number of piperidine rings is 1. The molecule has 2 fully saturated rings. The fraction of sp³-hybridized carbons (Fsp3) is 0.875. The molecule has 0 radical (unpaired) electrons. The Hall–Kier alpha value is -1.10. The summed E-state index contributed by atoms with van der Waals surface area (Å²) >= 11 is 0. The van der Waals surface area contributed by atoms with Gasteiger partial charge in [-0.1, -0.05) is 26.7 Å². The molecule has 0 aromatic rings. The van der Waals surface area contributed by atoms with Crippen LogP contribution < -0.4 is 5.32 Å². The summed E-state index contributed by atoms with van der Waals surface area (Å²) in [6, 6.07) is 0.115. The SMILES string of the molecule is CC(C)(C(=O)N(CC(=O)O)C1CCCC1)C1CCCNC1. The quantitative estimate of drug-likeness (QED) is 0.812. The highest BCUT2D eigenvalue weighted by molar-refractivity contribution is 5.86. The topological polar surface area (TPSA) is 69.6 Å². The summed E-state index contributed by atoms with van der Waals surface area (Å²) in [6.07, 6.45) is 6.20. The molecule has 1 saturated heterocycles. The molecule has 21 heavy (non-hydrogen) atoms. The van der Waals surface area contributed by atoms with Gasteiger partial charge in [0.1, 0.15) is 6.54 Å². The highest BCUT2D eigenvalue weighted by atomic mass is 16.4. The zero-order valence-electron chi connectivity index (χ0n) is 13.2. The standard InChI is InChI=1S/C16H28N2O3/c1-16(2,12-6-5-9-17-10-12)15(21)18(11-14(19)20)13-7-3-4-8-13/h12-13,17H,3-11H2,1-2H3,(H,19,20). The van der Waals surface area contributed by atoms with E-state index in [-0.39, 0.29) is 24.4 Å². The molecule has 1 aliphatic carbocycles. The minimum Gasteiger partial charge on any atom is -0.480 e. The van der Waals surface area contributed by atoms with Crippen molar-refractivity contribution in [2.75, 3.05) is 19.6 Å². The van der Waals surface area contributed by atoms with Gasteiger partial charge in [-0.3, -0.25) is 9.59 Å². The molecule has 1 atom stereocenters. The monoisotopic (exact) mass is 296 g/mol. The molecular formula is C16H28N2O3. The normalized spacial score (nSPS) is 24.0. The molecule has 0 bridgehead atoms. The maximum atomic E-state index is 13.0. The van der Waals surface area contributed by atoms with Crippen molar-refractivity contribution in [3.8, 4) is 0 Å². The van der Waals surface area contributed by atoms with Crippen LogP contribution in [0.1, 0.15) is 52.4 Å². The van der Waals surface area contributed by atoms with E-state index in [0.29, 0.717) is 0 Å². The zero-order valence-corrected chi connectivity index (χ0v) is 13.2. The minimum absolute atomic E-state index is 0.0190. The second-order valence-corrected chi connectivity index (χ2v) is 7.03. The van der Waals surface area contributed by atoms with Gasteiger partial charge in [0, 0.05) is 11.5 Å². The number of hydrogen-bond donors (Lipinski definition) is 2. The van der Waals surface area contributed by atoms with Crippen LogP contribution in [0, 0.1) is 11.3 Å². The second kappa shape index (κ2) is 6.77. The number of rotatable bonds is 5. The van der Waals surface area contributed by atoms with Gasteiger partial charge in [0.2, 0.25) is 5.91 Å². The van der Waals surface area contributed by atoms with Crippen molar-refractivity contribution in [1.82, 2.24) is 10.2 Å². The van der Waals surface area contributed by atoms with Crippen LogP contribution in [0.2, 0.25) is 0 Å². The van der Waals surface area contributed by atoms with Gasteiger partial charge in [-0.05, 0) is 44.7 Å². The van der Waals surface area contributed by atoms with Gasteiger partial charge in [-0.2, -0.15) is 0 Å². The summed E-state index contributed by atoms with van der Waals surface area (Å²) in [5.41, 5.74) is -0.495. The van der Waals surface area contributed by atoms with Gasteiger partial charge < -0.3 is 15.3 Å². The third kappa shape index (κ3) is 3.76. The fourth-order valence-corrected chi connectivity index (χ4v) is 3.74. The Labute approximate surface area is 127 Å². The Bertz CT molecular complexity index is 383. The summed E-state index contributed by atoms with van der Waals surface area (Å²) in [5, 5.41) is 12.5. The van der Waals surface area contributed by atoms with Crippen molar-refractivity contribution < 1.29 is 14.7 Å². The van der Waals surface area contributed by atoms with Gasteiger partial charge >= 0.3 is 5.97 Å². The summed E-state index contributed by atoms with van der Waals surface area (Å²) in [6.45, 7) is 5.67. The number of carbonyl (C=O) groups excluding carboxylic acids is 1. The van der Waals surface area contributed by atoms with Crippen LogP contribution in [0.15, 0.2) is 0 Å². The third-order valence-electron chi connectivity index (χ3n) is 5.20. The smallest absolute Gasteiger partial charge is 0.323 e. The maximum absolute atomic E-state index is 13.0. The summed E-state index contributed by atoms with van der Waals surface area (Å²) in [4.78, 5) is 25.8. The average Bonchev–Trinajstić information content (AvgIpc) is 2.98. The van der Waals surface area contributed by atoms with Crippen LogP contribution in [0.25, 0.3) is 0 Å². The Morgan fingerprint density at radius 3 is 2.38 bits per heavy atom. The van der Waals surface area contributed by atoms with Crippen LogP contribution in [-0.2, 0) is 9.59 Å². The molecule has 0 spiro atoms. The Morgan fingerprint density at radius 2 is 1.86 bits per heavy atom. The van der Waals surface area contributed by atoms with Crippen LogP contribution in [0.5, 0.6) is 0 Å². The zero-order chi connectivity index (χ0) is 15.5. The fourth-order valence-electron chi connectivity index (χ4n) is 3.74. The molecule has 120 valence electrons. The first-order chi connectivity index (χ1) is 9.93. The van der Waals surface area contributed by atoms with Gasteiger partial charge in [0.25, 0.3) is 0 Å². The van der Waals surface area contributed by atoms with E-state index in [1.807, 2.05) is 13.8 Å². The number of hydrogen-bond acceptors (Lipinski definition) is 3. The predicted molar refractivity (Wildman–Crippen MR) is 81.0 cm³/mol. The van der Waals surface area contributed by atoms with Crippen molar-refractivity contribution in [3.63, 3.8) is 0 Å². The number of carbonyl (C=O) groups is 2. The molecule has 0 aromatic carbocycles. The predicted octanol–water partition coefficient (Wildman–Crippen LogP) is 1.87. The molecule has 5 nitrogen and oxygen atoms in total. The molecule has 1 heterocycles. The number of aliphatic carboxylic acids is 1. The lowest BCUT2D eigenvalue weighted by molar-refractivity contribution is -0.153. The molecule has 2 aliphatic rings. The van der Waals surface area contributed by atoms with E-state index >= 15 is 0 Å². The van der Waals surface area contributed by atoms with E-state index in [9.17, 15) is 9.59 Å². The molecule has 2 rings (SSSR count). The number of carboxylic acid groups (broad SMARTS) is 1. The third-order valence-corrected chi connectivity index (χ3v) is 5.20. The number of amides is 1. The maximum Gasteiger partial charge on any atom is 0.323 e. The Kier molecular flexibility index (Phi) is 5.25. The van der Waals surface area contributed by atoms with E-state index < -0.39 is 11.4 Å². The molecule has 2 N–H and O–H groups in total. The molecule has 1 amide bonds. The van der Waals surface area contributed by atoms with Crippen molar-refractivity contribution in [2.24, 2.45) is 11.3 Å². The molecular weight excluding hydrogens is 268 g/mol. The van der Waals surface area contributed by atoms with E-state index in [0.717, 1.165) is 51.6 Å². The number of nitrogens with one attached hydrogen (secondary N) is 1. The highest BCUT2D eigenvalue weighted by Gasteiger charge is 2.42. The van der Waals surface area contributed by atoms with Gasteiger partial charge in [-0.25, -0.2) is 0 Å². The first kappa shape index (κ1) is 16.3. The molecule has 1 unspecified atom stereocenters. The lowest BCUT2D eigenvalue weighted by atomic mass is 9.73. The number of nitrogens with zero attached hydrogens (tertiary/aromatic N) is 1. The average molecular weight is 296 g/mol. The Morgan fingerprint density at radius 1 is 1.19 bits per heavy atom. The first-order valence-corrected chi connectivity index (χ1v) is 8.16. The first-order valence-electron chi connectivity index (χ1n) is 8.16. The van der Waals surface area contributed by atoms with Gasteiger partial charge in [-0.15, -0.1) is 0 Å². The van der Waals surface area contributed by atoms with E-state index in [4.69, 9.17) is 5.11 Å². The summed E-state index contributed by atoms with van der Waals surface area (Å²) in [7, 11) is 0. The lowest BCUT2D eigenvalue weighted by Gasteiger charge is -2.41. The van der Waals surface area contributed by atoms with E-state index in [1.165, 1.54) is 0 Å². The summed E-state index contributed by atoms with van der Waals surface area (Å²) < 4.78 is 0. The largest absolute Gasteiger partial charge is 0.480 e. The van der Waals surface area contributed by atoms with E-state index in [1.54, 1.807) is 4.90 Å². The van der Waals surface area contributed by atoms with Crippen LogP contribution >= 0.6 is 0 Å². The molecule has 1 saturated carbocycles. The molecule has 0 aromatic heterocycles. The van der Waals surface area contributed by atoms with Crippen molar-refractivity contribution >= 4 is 11.9 Å². The summed E-state index contributed by atoms with van der Waals surface area (Å²) in [5.74, 6) is -0.602. The minimum atomic E-state index is -0.909. The highest BCUT2D eigenvalue weighted by Crippen LogP contribution is 2.36. The van der Waals surface area contributed by atoms with Gasteiger partial charge in [0.05, 0.1) is 0 Å². The lowest BCUT2D eigenvalue weighted by Crippen LogP contribution is -2.52. The van der Waals surface area contributed by atoms with Crippen molar-refractivity contribution in [3.05, 3.63) is 0 Å². The second-order valence-electron chi connectivity index (χ2n) is 7.03. The molecule has 5 heteroatoms. The van der Waals surface area contributed by atoms with Crippen LogP contribution in [0.4, 0.5) is 0 Å². The van der Waals surface area contributed by atoms with Crippen LogP contribution in [0.3, 0.4) is 0 Å². The van der Waals surface area contributed by atoms with Crippen molar-refractivity contribution in [2.45, 2.75) is 58.4 Å². The number of carboxylic acids is 1. The van der Waals surface area contributed by atoms with E-state index in [2.05, 4.69) is 5.32 Å². The Balaban J connectivity index is 2.12. The van der Waals surface area contributed by atoms with Crippen molar-refractivity contribution in [1.29, 1.82) is 0 Å². The molecule has 1 aliphatic heterocycles. The van der Waals surface area contributed by atoms with Gasteiger partial charge in [0.15, 0.2) is 0 Å². The van der Waals surface area contributed by atoms with Crippen LogP contribution in [-0.4, -0.2) is 47.6 Å².